The van der Waals surface area contributed by atoms with Crippen LogP contribution in [-0.4, -0.2) is 35.8 Å². The third kappa shape index (κ3) is 4.99. The van der Waals surface area contributed by atoms with Gasteiger partial charge in [0.2, 0.25) is 5.91 Å². The fourth-order valence-electron chi connectivity index (χ4n) is 3.22. The van der Waals surface area contributed by atoms with Crippen molar-refractivity contribution in [3.05, 3.63) is 69.5 Å². The number of nitrogens with one attached hydrogen (secondary N) is 1. The third-order valence-corrected chi connectivity index (χ3v) is 4.99. The molecule has 1 heterocycles. The maximum absolute atomic E-state index is 12.9. The van der Waals surface area contributed by atoms with Crippen LogP contribution >= 0.6 is 23.2 Å². The molecule has 2 aromatic carbocycles. The van der Waals surface area contributed by atoms with Gasteiger partial charge in [0.15, 0.2) is 0 Å². The van der Waals surface area contributed by atoms with E-state index in [1.165, 1.54) is 12.1 Å². The zero-order valence-electron chi connectivity index (χ0n) is 14.6. The molecule has 142 valence electrons. The van der Waals surface area contributed by atoms with Crippen molar-refractivity contribution in [1.82, 2.24) is 10.2 Å². The lowest BCUT2D eigenvalue weighted by Crippen LogP contribution is -2.46. The Labute approximate surface area is 167 Å². The molecule has 0 radical (unpaired) electrons. The van der Waals surface area contributed by atoms with E-state index >= 15 is 0 Å². The van der Waals surface area contributed by atoms with Gasteiger partial charge in [0.05, 0.1) is 0 Å². The fraction of sp³-hybridized carbons (Fsp3) is 0.300. The van der Waals surface area contributed by atoms with Crippen LogP contribution in [0.2, 0.25) is 10.0 Å². The van der Waals surface area contributed by atoms with Crippen LogP contribution in [0.5, 0.6) is 0 Å². The van der Waals surface area contributed by atoms with Crippen molar-refractivity contribution in [2.75, 3.05) is 13.1 Å². The van der Waals surface area contributed by atoms with E-state index in [1.807, 2.05) is 0 Å². The minimum absolute atomic E-state index is 0.184. The van der Waals surface area contributed by atoms with Gasteiger partial charge in [-0.1, -0.05) is 35.3 Å². The molecule has 1 aliphatic heterocycles. The molecule has 27 heavy (non-hydrogen) atoms. The van der Waals surface area contributed by atoms with Crippen LogP contribution in [0.1, 0.15) is 28.8 Å². The zero-order chi connectivity index (χ0) is 19.4. The van der Waals surface area contributed by atoms with Gasteiger partial charge < -0.3 is 10.2 Å². The number of carbonyl (C=O) groups is 2. The molecule has 1 saturated heterocycles. The minimum atomic E-state index is -0.511. The minimum Gasteiger partial charge on any atom is -0.354 e. The standard InChI is InChI=1S/C20H19Cl2FN2O2/c21-15-10-14(11-16(22)12-15)20(27)25-9-1-2-18(25)19(26)24-8-7-13-3-5-17(23)6-4-13/h3-6,10-12,18H,1-2,7-9H2,(H,24,26). The average molecular weight is 409 g/mol. The Hall–Kier alpha value is -2.11. The third-order valence-electron chi connectivity index (χ3n) is 4.55. The summed E-state index contributed by atoms with van der Waals surface area (Å²) in [5.41, 5.74) is 1.31. The topological polar surface area (TPSA) is 49.4 Å². The Morgan fingerprint density at radius 1 is 1.11 bits per heavy atom. The van der Waals surface area contributed by atoms with Crippen molar-refractivity contribution in [2.24, 2.45) is 0 Å². The van der Waals surface area contributed by atoms with Gasteiger partial charge in [-0.3, -0.25) is 9.59 Å². The first-order valence-corrected chi connectivity index (χ1v) is 9.49. The van der Waals surface area contributed by atoms with E-state index in [2.05, 4.69) is 5.32 Å². The fourth-order valence-corrected chi connectivity index (χ4v) is 3.75. The van der Waals surface area contributed by atoms with E-state index < -0.39 is 6.04 Å². The molecular formula is C20H19Cl2FN2O2. The molecule has 2 amide bonds. The second-order valence-electron chi connectivity index (χ2n) is 6.48. The molecule has 1 aliphatic rings. The van der Waals surface area contributed by atoms with E-state index in [0.29, 0.717) is 41.5 Å². The molecule has 3 rings (SSSR count). The molecule has 7 heteroatoms. The van der Waals surface area contributed by atoms with Crippen LogP contribution in [-0.2, 0) is 11.2 Å². The number of hydrogen-bond donors (Lipinski definition) is 1. The van der Waals surface area contributed by atoms with E-state index in [-0.39, 0.29) is 17.6 Å². The number of nitrogens with zero attached hydrogens (tertiary/aromatic N) is 1. The number of amides is 2. The van der Waals surface area contributed by atoms with Crippen LogP contribution < -0.4 is 5.32 Å². The summed E-state index contributed by atoms with van der Waals surface area (Å²) in [7, 11) is 0. The van der Waals surface area contributed by atoms with Gasteiger partial charge in [0.25, 0.3) is 5.91 Å². The van der Waals surface area contributed by atoms with Gasteiger partial charge in [-0.15, -0.1) is 0 Å². The van der Waals surface area contributed by atoms with Crippen LogP contribution in [0.4, 0.5) is 4.39 Å². The Bertz CT molecular complexity index is 822. The van der Waals surface area contributed by atoms with Crippen LogP contribution in [0, 0.1) is 5.82 Å². The summed E-state index contributed by atoms with van der Waals surface area (Å²) in [5.74, 6) is -0.726. The second kappa shape index (κ2) is 8.72. The van der Waals surface area contributed by atoms with E-state index in [0.717, 1.165) is 12.0 Å². The highest BCUT2D eigenvalue weighted by atomic mass is 35.5. The molecule has 1 N–H and O–H groups in total. The lowest BCUT2D eigenvalue weighted by Gasteiger charge is -2.24. The number of halogens is 3. The highest BCUT2D eigenvalue weighted by Gasteiger charge is 2.34. The molecule has 1 atom stereocenters. The van der Waals surface area contributed by atoms with Gasteiger partial charge in [0, 0.05) is 28.7 Å². The van der Waals surface area contributed by atoms with Gasteiger partial charge >= 0.3 is 0 Å². The predicted molar refractivity (Wildman–Crippen MR) is 104 cm³/mol. The van der Waals surface area contributed by atoms with Crippen LogP contribution in [0.25, 0.3) is 0 Å². The number of likely N-dealkylation sites (tertiary alicyclic amines) is 1. The lowest BCUT2D eigenvalue weighted by molar-refractivity contribution is -0.124. The van der Waals surface area contributed by atoms with Gasteiger partial charge in [0.1, 0.15) is 11.9 Å². The largest absolute Gasteiger partial charge is 0.354 e. The Kier molecular flexibility index (Phi) is 6.34. The molecule has 0 bridgehead atoms. The van der Waals surface area contributed by atoms with Crippen LogP contribution in [0.3, 0.4) is 0 Å². The highest BCUT2D eigenvalue weighted by molar-refractivity contribution is 6.35. The molecule has 0 saturated carbocycles. The smallest absolute Gasteiger partial charge is 0.254 e. The summed E-state index contributed by atoms with van der Waals surface area (Å²) < 4.78 is 12.9. The molecule has 0 spiro atoms. The Balaban J connectivity index is 1.60. The highest BCUT2D eigenvalue weighted by Crippen LogP contribution is 2.24. The van der Waals surface area contributed by atoms with Crippen molar-refractivity contribution in [3.63, 3.8) is 0 Å². The quantitative estimate of drug-likeness (QED) is 0.809. The summed E-state index contributed by atoms with van der Waals surface area (Å²) in [6, 6.07) is 10.3. The number of benzene rings is 2. The normalized spacial score (nSPS) is 16.4. The Morgan fingerprint density at radius 3 is 2.44 bits per heavy atom. The first kappa shape index (κ1) is 19.6. The summed E-state index contributed by atoms with van der Waals surface area (Å²) in [6.07, 6.45) is 1.97. The van der Waals surface area contributed by atoms with Crippen molar-refractivity contribution >= 4 is 35.0 Å². The van der Waals surface area contributed by atoms with Crippen molar-refractivity contribution < 1.29 is 14.0 Å². The molecule has 1 unspecified atom stereocenters. The molecule has 1 fully saturated rings. The maximum Gasteiger partial charge on any atom is 0.254 e. The molecule has 4 nitrogen and oxygen atoms in total. The number of carbonyl (C=O) groups excluding carboxylic acids is 2. The van der Waals surface area contributed by atoms with Crippen LogP contribution in [0.15, 0.2) is 42.5 Å². The molecule has 2 aromatic rings. The molecule has 0 aliphatic carbocycles. The number of rotatable bonds is 5. The van der Waals surface area contributed by atoms with Gasteiger partial charge in [-0.25, -0.2) is 4.39 Å². The molecular weight excluding hydrogens is 390 g/mol. The first-order chi connectivity index (χ1) is 12.9. The summed E-state index contributed by atoms with van der Waals surface area (Å²) in [5, 5.41) is 3.63. The summed E-state index contributed by atoms with van der Waals surface area (Å²) >= 11 is 12.0. The van der Waals surface area contributed by atoms with Gasteiger partial charge in [-0.05, 0) is 55.2 Å². The predicted octanol–water partition coefficient (Wildman–Crippen LogP) is 4.10. The Morgan fingerprint density at radius 2 is 1.78 bits per heavy atom. The monoisotopic (exact) mass is 408 g/mol. The summed E-state index contributed by atoms with van der Waals surface area (Å²) in [4.78, 5) is 26.9. The number of hydrogen-bond acceptors (Lipinski definition) is 2. The van der Waals surface area contributed by atoms with E-state index in [4.69, 9.17) is 23.2 Å². The SMILES string of the molecule is O=C(NCCc1ccc(F)cc1)C1CCCN1C(=O)c1cc(Cl)cc(Cl)c1. The average Bonchev–Trinajstić information content (AvgIpc) is 3.11. The van der Waals surface area contributed by atoms with Gasteiger partial charge in [-0.2, -0.15) is 0 Å². The maximum atomic E-state index is 12.9. The summed E-state index contributed by atoms with van der Waals surface area (Å²) in [6.45, 7) is 0.936. The van der Waals surface area contributed by atoms with Crippen molar-refractivity contribution in [3.8, 4) is 0 Å². The van der Waals surface area contributed by atoms with E-state index in [9.17, 15) is 14.0 Å². The molecule has 0 aromatic heterocycles. The van der Waals surface area contributed by atoms with Crippen molar-refractivity contribution in [1.29, 1.82) is 0 Å². The second-order valence-corrected chi connectivity index (χ2v) is 7.36. The van der Waals surface area contributed by atoms with E-state index in [1.54, 1.807) is 35.2 Å². The zero-order valence-corrected chi connectivity index (χ0v) is 16.1. The first-order valence-electron chi connectivity index (χ1n) is 8.73. The van der Waals surface area contributed by atoms with Crippen molar-refractivity contribution in [2.45, 2.75) is 25.3 Å². The lowest BCUT2D eigenvalue weighted by atomic mass is 10.1.